The molecular formula is C20H21N7O3. The minimum Gasteiger partial charge on any atom is -0.315 e. The second-order valence-electron chi connectivity index (χ2n) is 7.16. The first-order chi connectivity index (χ1) is 14.3. The van der Waals surface area contributed by atoms with Crippen molar-refractivity contribution in [2.75, 3.05) is 5.32 Å². The van der Waals surface area contributed by atoms with Crippen molar-refractivity contribution in [2.24, 2.45) is 14.1 Å². The van der Waals surface area contributed by atoms with E-state index in [2.05, 4.69) is 15.4 Å². The summed E-state index contributed by atoms with van der Waals surface area (Å²) in [5.74, 6) is 0.209. The predicted octanol–water partition coefficient (Wildman–Crippen LogP) is 0.626. The molecule has 4 aromatic rings. The monoisotopic (exact) mass is 407 g/mol. The summed E-state index contributed by atoms with van der Waals surface area (Å²) in [7, 11) is 2.93. The molecule has 0 aliphatic heterocycles. The maximum Gasteiger partial charge on any atom is 0.332 e. The number of imidazole rings is 1. The summed E-state index contributed by atoms with van der Waals surface area (Å²) in [6.45, 7) is 2.41. The molecule has 0 bridgehead atoms. The lowest BCUT2D eigenvalue weighted by Gasteiger charge is -2.10. The summed E-state index contributed by atoms with van der Waals surface area (Å²) in [5.41, 5.74) is 1.70. The molecule has 4 rings (SSSR count). The zero-order valence-corrected chi connectivity index (χ0v) is 16.9. The maximum atomic E-state index is 12.6. The number of hydrogen-bond donors (Lipinski definition) is 1. The SMILES string of the molecule is Cc1ccc(Cn2nccc2NC(=O)Cn2cnc3c2c(=O)n(C)c(=O)n3C)cc1. The topological polar surface area (TPSA) is 109 Å². The molecule has 1 aromatic carbocycles. The van der Waals surface area contributed by atoms with E-state index in [1.165, 1.54) is 35.1 Å². The van der Waals surface area contributed by atoms with Crippen molar-refractivity contribution < 1.29 is 4.79 Å². The van der Waals surface area contributed by atoms with Gasteiger partial charge in [0.2, 0.25) is 5.91 Å². The first-order valence-electron chi connectivity index (χ1n) is 9.33. The molecule has 10 heteroatoms. The summed E-state index contributed by atoms with van der Waals surface area (Å²) in [6, 6.07) is 9.78. The highest BCUT2D eigenvalue weighted by molar-refractivity contribution is 5.90. The molecule has 0 atom stereocenters. The van der Waals surface area contributed by atoms with E-state index in [-0.39, 0.29) is 23.6 Å². The van der Waals surface area contributed by atoms with Gasteiger partial charge in [0.15, 0.2) is 11.2 Å². The van der Waals surface area contributed by atoms with Gasteiger partial charge in [-0.25, -0.2) is 14.5 Å². The minimum atomic E-state index is -0.497. The van der Waals surface area contributed by atoms with E-state index in [0.717, 1.165) is 10.1 Å². The first-order valence-corrected chi connectivity index (χ1v) is 9.33. The molecule has 10 nitrogen and oxygen atoms in total. The fourth-order valence-corrected chi connectivity index (χ4v) is 3.29. The molecule has 0 unspecified atom stereocenters. The lowest BCUT2D eigenvalue weighted by Crippen LogP contribution is -2.37. The second kappa shape index (κ2) is 7.47. The highest BCUT2D eigenvalue weighted by Crippen LogP contribution is 2.12. The Bertz CT molecular complexity index is 1360. The highest BCUT2D eigenvalue weighted by atomic mass is 16.2. The Balaban J connectivity index is 1.56. The second-order valence-corrected chi connectivity index (χ2v) is 7.16. The van der Waals surface area contributed by atoms with Gasteiger partial charge in [0.05, 0.1) is 19.1 Å². The van der Waals surface area contributed by atoms with Crippen LogP contribution in [0.1, 0.15) is 11.1 Å². The lowest BCUT2D eigenvalue weighted by atomic mass is 10.1. The quantitative estimate of drug-likeness (QED) is 0.522. The zero-order valence-electron chi connectivity index (χ0n) is 16.9. The molecule has 0 saturated heterocycles. The molecular weight excluding hydrogens is 386 g/mol. The van der Waals surface area contributed by atoms with Crippen LogP contribution in [-0.2, 0) is 32.0 Å². The average Bonchev–Trinajstić information content (AvgIpc) is 3.33. The number of anilines is 1. The van der Waals surface area contributed by atoms with Crippen LogP contribution in [0.5, 0.6) is 0 Å². The van der Waals surface area contributed by atoms with Crippen LogP contribution in [0.25, 0.3) is 11.2 Å². The van der Waals surface area contributed by atoms with Crippen molar-refractivity contribution >= 4 is 22.9 Å². The molecule has 0 spiro atoms. The zero-order chi connectivity index (χ0) is 21.4. The van der Waals surface area contributed by atoms with Crippen LogP contribution in [0, 0.1) is 6.92 Å². The van der Waals surface area contributed by atoms with Crippen LogP contribution in [0.2, 0.25) is 0 Å². The maximum absolute atomic E-state index is 12.6. The molecule has 3 heterocycles. The number of hydrogen-bond acceptors (Lipinski definition) is 5. The summed E-state index contributed by atoms with van der Waals surface area (Å²) in [4.78, 5) is 41.3. The molecule has 0 aliphatic carbocycles. The Kier molecular flexibility index (Phi) is 4.82. The Hall–Kier alpha value is -3.95. The van der Waals surface area contributed by atoms with Crippen molar-refractivity contribution in [3.63, 3.8) is 0 Å². The third-order valence-corrected chi connectivity index (χ3v) is 4.97. The van der Waals surface area contributed by atoms with Crippen molar-refractivity contribution in [3.8, 4) is 0 Å². The lowest BCUT2D eigenvalue weighted by molar-refractivity contribution is -0.116. The van der Waals surface area contributed by atoms with Gasteiger partial charge in [0.1, 0.15) is 12.4 Å². The van der Waals surface area contributed by atoms with Crippen LogP contribution < -0.4 is 16.6 Å². The Morgan fingerprint density at radius 2 is 1.80 bits per heavy atom. The standard InChI is InChI=1S/C20H21N7O3/c1-13-4-6-14(7-5-13)10-27-15(8-9-22-27)23-16(28)11-26-12-21-18-17(26)19(29)25(3)20(30)24(18)2/h4-9,12H,10-11H2,1-3H3,(H,23,28). The van der Waals surface area contributed by atoms with E-state index in [1.807, 2.05) is 31.2 Å². The van der Waals surface area contributed by atoms with Gasteiger partial charge in [-0.3, -0.25) is 18.7 Å². The number of amides is 1. The van der Waals surface area contributed by atoms with Gasteiger partial charge in [-0.2, -0.15) is 5.10 Å². The summed E-state index contributed by atoms with van der Waals surface area (Å²) in [6.07, 6.45) is 3.00. The molecule has 0 radical (unpaired) electrons. The predicted molar refractivity (Wildman–Crippen MR) is 111 cm³/mol. The number of aryl methyl sites for hydroxylation is 2. The van der Waals surface area contributed by atoms with Gasteiger partial charge >= 0.3 is 5.69 Å². The summed E-state index contributed by atoms with van der Waals surface area (Å²) >= 11 is 0. The number of fused-ring (bicyclic) bond motifs is 1. The van der Waals surface area contributed by atoms with Crippen molar-refractivity contribution in [3.05, 3.63) is 74.8 Å². The third-order valence-electron chi connectivity index (χ3n) is 4.97. The largest absolute Gasteiger partial charge is 0.332 e. The van der Waals surface area contributed by atoms with E-state index in [4.69, 9.17) is 0 Å². The van der Waals surface area contributed by atoms with Gasteiger partial charge in [-0.15, -0.1) is 0 Å². The molecule has 30 heavy (non-hydrogen) atoms. The fourth-order valence-electron chi connectivity index (χ4n) is 3.29. The fraction of sp³-hybridized carbons (Fsp3) is 0.250. The van der Waals surface area contributed by atoms with Gasteiger partial charge < -0.3 is 9.88 Å². The van der Waals surface area contributed by atoms with Crippen LogP contribution in [0.4, 0.5) is 5.82 Å². The van der Waals surface area contributed by atoms with E-state index in [1.54, 1.807) is 16.9 Å². The van der Waals surface area contributed by atoms with E-state index in [0.29, 0.717) is 12.4 Å². The third kappa shape index (κ3) is 3.43. The number of carbonyl (C=O) groups excluding carboxylic acids is 1. The molecule has 1 amide bonds. The van der Waals surface area contributed by atoms with Gasteiger partial charge in [-0.1, -0.05) is 29.8 Å². The molecule has 0 fully saturated rings. The Morgan fingerprint density at radius 3 is 2.53 bits per heavy atom. The van der Waals surface area contributed by atoms with E-state index >= 15 is 0 Å². The summed E-state index contributed by atoms with van der Waals surface area (Å²) < 4.78 is 5.40. The summed E-state index contributed by atoms with van der Waals surface area (Å²) in [5, 5.41) is 7.09. The van der Waals surface area contributed by atoms with Gasteiger partial charge in [0, 0.05) is 20.2 Å². The van der Waals surface area contributed by atoms with Gasteiger partial charge in [-0.05, 0) is 12.5 Å². The molecule has 3 aromatic heterocycles. The number of benzene rings is 1. The molecule has 1 N–H and O–H groups in total. The minimum absolute atomic E-state index is 0.125. The van der Waals surface area contributed by atoms with Crippen molar-refractivity contribution in [1.82, 2.24) is 28.5 Å². The highest BCUT2D eigenvalue weighted by Gasteiger charge is 2.16. The van der Waals surface area contributed by atoms with Crippen LogP contribution in [-0.4, -0.2) is 34.4 Å². The normalized spacial score (nSPS) is 11.2. The van der Waals surface area contributed by atoms with E-state index in [9.17, 15) is 14.4 Å². The Morgan fingerprint density at radius 1 is 1.07 bits per heavy atom. The molecule has 0 saturated carbocycles. The number of aromatic nitrogens is 6. The number of nitrogens with zero attached hydrogens (tertiary/aromatic N) is 6. The van der Waals surface area contributed by atoms with Crippen molar-refractivity contribution in [2.45, 2.75) is 20.0 Å². The smallest absolute Gasteiger partial charge is 0.315 e. The first kappa shape index (κ1) is 19.4. The number of nitrogens with one attached hydrogen (secondary N) is 1. The number of rotatable bonds is 5. The molecule has 0 aliphatic rings. The van der Waals surface area contributed by atoms with Crippen LogP contribution in [0.3, 0.4) is 0 Å². The van der Waals surface area contributed by atoms with E-state index < -0.39 is 11.2 Å². The molecule has 154 valence electrons. The Labute approximate surface area is 171 Å². The van der Waals surface area contributed by atoms with Crippen LogP contribution in [0.15, 0.2) is 52.4 Å². The van der Waals surface area contributed by atoms with Crippen LogP contribution >= 0.6 is 0 Å². The van der Waals surface area contributed by atoms with Crippen molar-refractivity contribution in [1.29, 1.82) is 0 Å². The van der Waals surface area contributed by atoms with Gasteiger partial charge in [0.25, 0.3) is 5.56 Å². The average molecular weight is 407 g/mol. The number of carbonyl (C=O) groups is 1.